The van der Waals surface area contributed by atoms with Crippen molar-refractivity contribution in [2.45, 2.75) is 17.4 Å². The summed E-state index contributed by atoms with van der Waals surface area (Å²) < 4.78 is 5.35. The fourth-order valence-corrected chi connectivity index (χ4v) is 2.95. The van der Waals surface area contributed by atoms with Crippen LogP contribution in [0.15, 0.2) is 35.2 Å². The van der Waals surface area contributed by atoms with Gasteiger partial charge in [-0.25, -0.2) is 0 Å². The van der Waals surface area contributed by atoms with Crippen molar-refractivity contribution in [3.63, 3.8) is 0 Å². The molecule has 100 valence electrons. The SMILES string of the molecule is [NH3+]C(CCN1CCOCC1)CSc1ccccc1. The van der Waals surface area contributed by atoms with Gasteiger partial charge in [0.15, 0.2) is 0 Å². The van der Waals surface area contributed by atoms with Gasteiger partial charge in [0.25, 0.3) is 0 Å². The number of morpholine rings is 1. The van der Waals surface area contributed by atoms with Crippen LogP contribution in [0.25, 0.3) is 0 Å². The quantitative estimate of drug-likeness (QED) is 0.785. The van der Waals surface area contributed by atoms with Crippen LogP contribution >= 0.6 is 11.8 Å². The van der Waals surface area contributed by atoms with Gasteiger partial charge >= 0.3 is 0 Å². The lowest BCUT2D eigenvalue weighted by Gasteiger charge is -2.26. The molecule has 1 fully saturated rings. The molecule has 0 aromatic heterocycles. The summed E-state index contributed by atoms with van der Waals surface area (Å²) in [5.74, 6) is 1.11. The van der Waals surface area contributed by atoms with E-state index in [9.17, 15) is 0 Å². The number of hydrogen-bond donors (Lipinski definition) is 1. The maximum atomic E-state index is 5.35. The van der Waals surface area contributed by atoms with E-state index in [1.54, 1.807) is 0 Å². The molecule has 4 heteroatoms. The zero-order valence-corrected chi connectivity index (χ0v) is 11.7. The Morgan fingerprint density at radius 2 is 1.94 bits per heavy atom. The van der Waals surface area contributed by atoms with Crippen LogP contribution in [0.1, 0.15) is 6.42 Å². The number of nitrogens with zero attached hydrogens (tertiary/aromatic N) is 1. The van der Waals surface area contributed by atoms with Crippen molar-refractivity contribution < 1.29 is 10.5 Å². The van der Waals surface area contributed by atoms with Crippen LogP contribution in [0, 0.1) is 0 Å². The first-order chi connectivity index (χ1) is 8.84. The Bertz CT molecular complexity index is 328. The van der Waals surface area contributed by atoms with Crippen LogP contribution in [-0.4, -0.2) is 49.5 Å². The first-order valence-electron chi connectivity index (χ1n) is 6.65. The molecule has 0 bridgehead atoms. The number of quaternary nitrogens is 1. The fraction of sp³-hybridized carbons (Fsp3) is 0.571. The van der Waals surface area contributed by atoms with Crippen LogP contribution in [-0.2, 0) is 4.74 Å². The molecule has 0 aliphatic carbocycles. The normalized spacial score (nSPS) is 18.7. The zero-order chi connectivity index (χ0) is 12.6. The first-order valence-corrected chi connectivity index (χ1v) is 7.64. The summed E-state index contributed by atoms with van der Waals surface area (Å²) in [7, 11) is 0. The molecular formula is C14H23N2OS+. The van der Waals surface area contributed by atoms with Crippen LogP contribution in [0.5, 0.6) is 0 Å². The summed E-state index contributed by atoms with van der Waals surface area (Å²) in [5, 5.41) is 0. The topological polar surface area (TPSA) is 40.1 Å². The lowest BCUT2D eigenvalue weighted by Crippen LogP contribution is -2.63. The highest BCUT2D eigenvalue weighted by Gasteiger charge is 2.13. The van der Waals surface area contributed by atoms with Gasteiger partial charge in [0.1, 0.15) is 0 Å². The Morgan fingerprint density at radius 1 is 1.22 bits per heavy atom. The van der Waals surface area contributed by atoms with Crippen molar-refractivity contribution >= 4 is 11.8 Å². The van der Waals surface area contributed by atoms with Gasteiger partial charge in [0, 0.05) is 31.0 Å². The summed E-state index contributed by atoms with van der Waals surface area (Å²) >= 11 is 1.91. The third kappa shape index (κ3) is 4.98. The molecule has 1 saturated heterocycles. The molecule has 2 rings (SSSR count). The molecule has 1 aliphatic heterocycles. The monoisotopic (exact) mass is 267 g/mol. The van der Waals surface area contributed by atoms with E-state index in [0.717, 1.165) is 38.6 Å². The van der Waals surface area contributed by atoms with E-state index in [-0.39, 0.29) is 0 Å². The third-order valence-corrected chi connectivity index (χ3v) is 4.43. The molecule has 18 heavy (non-hydrogen) atoms. The Labute approximate surface area is 114 Å². The number of rotatable bonds is 6. The summed E-state index contributed by atoms with van der Waals surface area (Å²) in [6.07, 6.45) is 1.18. The molecule has 0 spiro atoms. The summed E-state index contributed by atoms with van der Waals surface area (Å²) in [5.41, 5.74) is 4.26. The van der Waals surface area contributed by atoms with Crippen molar-refractivity contribution in [1.29, 1.82) is 0 Å². The molecule has 1 aromatic rings. The average molecular weight is 267 g/mol. The van der Waals surface area contributed by atoms with E-state index in [2.05, 4.69) is 41.0 Å². The maximum absolute atomic E-state index is 5.35. The van der Waals surface area contributed by atoms with E-state index in [1.165, 1.54) is 11.3 Å². The van der Waals surface area contributed by atoms with E-state index in [0.29, 0.717) is 6.04 Å². The van der Waals surface area contributed by atoms with E-state index >= 15 is 0 Å². The highest BCUT2D eigenvalue weighted by molar-refractivity contribution is 7.99. The number of hydrogen-bond acceptors (Lipinski definition) is 3. The molecule has 1 atom stereocenters. The van der Waals surface area contributed by atoms with Gasteiger partial charge in [-0.15, -0.1) is 11.8 Å². The van der Waals surface area contributed by atoms with Gasteiger partial charge in [-0.2, -0.15) is 0 Å². The van der Waals surface area contributed by atoms with Crippen LogP contribution in [0.2, 0.25) is 0 Å². The van der Waals surface area contributed by atoms with E-state index in [1.807, 2.05) is 11.8 Å². The van der Waals surface area contributed by atoms with E-state index < -0.39 is 0 Å². The van der Waals surface area contributed by atoms with Crippen LogP contribution in [0.3, 0.4) is 0 Å². The van der Waals surface area contributed by atoms with Gasteiger partial charge in [0.2, 0.25) is 0 Å². The summed E-state index contributed by atoms with van der Waals surface area (Å²) in [4.78, 5) is 3.83. The summed E-state index contributed by atoms with van der Waals surface area (Å²) in [6.45, 7) is 5.10. The van der Waals surface area contributed by atoms with Gasteiger partial charge in [0.05, 0.1) is 25.0 Å². The number of ether oxygens (including phenoxy) is 1. The molecule has 1 heterocycles. The van der Waals surface area contributed by atoms with Crippen molar-refractivity contribution in [2.24, 2.45) is 0 Å². The molecular weight excluding hydrogens is 244 g/mol. The average Bonchev–Trinajstić information content (AvgIpc) is 2.45. The standard InChI is InChI=1S/C14H22N2OS/c15-13(6-7-16-8-10-17-11-9-16)12-18-14-4-2-1-3-5-14/h1-5,13H,6-12,15H2/p+1. The molecule has 3 nitrogen and oxygen atoms in total. The van der Waals surface area contributed by atoms with Crippen molar-refractivity contribution in [1.82, 2.24) is 4.90 Å². The number of benzene rings is 1. The Hall–Kier alpha value is -0.550. The maximum Gasteiger partial charge on any atom is 0.0951 e. The Kier molecular flexibility index (Phi) is 6.00. The smallest absolute Gasteiger partial charge is 0.0951 e. The van der Waals surface area contributed by atoms with Gasteiger partial charge < -0.3 is 10.5 Å². The lowest BCUT2D eigenvalue weighted by atomic mass is 10.2. The van der Waals surface area contributed by atoms with Crippen molar-refractivity contribution in [3.05, 3.63) is 30.3 Å². The minimum Gasteiger partial charge on any atom is -0.379 e. The predicted molar refractivity (Wildman–Crippen MR) is 75.7 cm³/mol. The van der Waals surface area contributed by atoms with Crippen LogP contribution < -0.4 is 5.73 Å². The van der Waals surface area contributed by atoms with Crippen molar-refractivity contribution in [3.8, 4) is 0 Å². The molecule has 1 unspecified atom stereocenters. The van der Waals surface area contributed by atoms with E-state index in [4.69, 9.17) is 4.74 Å². The highest BCUT2D eigenvalue weighted by atomic mass is 32.2. The molecule has 1 aromatic carbocycles. The zero-order valence-electron chi connectivity index (χ0n) is 10.9. The second-order valence-electron chi connectivity index (χ2n) is 4.73. The molecule has 0 amide bonds. The Balaban J connectivity index is 1.61. The molecule has 0 radical (unpaired) electrons. The predicted octanol–water partition coefficient (Wildman–Crippen LogP) is 1.11. The second kappa shape index (κ2) is 7.79. The molecule has 1 aliphatic rings. The largest absolute Gasteiger partial charge is 0.379 e. The van der Waals surface area contributed by atoms with Crippen LogP contribution in [0.4, 0.5) is 0 Å². The highest BCUT2D eigenvalue weighted by Crippen LogP contribution is 2.17. The summed E-state index contributed by atoms with van der Waals surface area (Å²) in [6, 6.07) is 11.1. The Morgan fingerprint density at radius 3 is 2.67 bits per heavy atom. The molecule has 3 N–H and O–H groups in total. The first kappa shape index (κ1) is 13.9. The lowest BCUT2D eigenvalue weighted by molar-refractivity contribution is -0.413. The third-order valence-electron chi connectivity index (χ3n) is 3.19. The van der Waals surface area contributed by atoms with Gasteiger partial charge in [-0.05, 0) is 12.1 Å². The second-order valence-corrected chi connectivity index (χ2v) is 5.83. The minimum absolute atomic E-state index is 0.526. The minimum atomic E-state index is 0.526. The fourth-order valence-electron chi connectivity index (χ4n) is 2.00. The van der Waals surface area contributed by atoms with Crippen molar-refractivity contribution in [2.75, 3.05) is 38.6 Å². The van der Waals surface area contributed by atoms with Gasteiger partial charge in [-0.3, -0.25) is 4.90 Å². The van der Waals surface area contributed by atoms with Gasteiger partial charge in [-0.1, -0.05) is 18.2 Å². The molecule has 0 saturated carbocycles. The number of thioether (sulfide) groups is 1.